The fraction of sp³-hybridized carbons (Fsp3) is 1.00. The molecule has 4 saturated carbocycles. The minimum Gasteiger partial charge on any atom is -0.393 e. The van der Waals surface area contributed by atoms with Crippen molar-refractivity contribution in [1.82, 2.24) is 4.90 Å². The lowest BCUT2D eigenvalue weighted by atomic mass is 9.44. The van der Waals surface area contributed by atoms with Crippen LogP contribution >= 0.6 is 0 Å². The molecule has 3 nitrogen and oxygen atoms in total. The lowest BCUT2D eigenvalue weighted by Gasteiger charge is -2.62. The summed E-state index contributed by atoms with van der Waals surface area (Å²) in [6.45, 7) is 7.19. The molecule has 5 aliphatic rings. The molecule has 5 fully saturated rings. The Morgan fingerprint density at radius 1 is 0.960 bits per heavy atom. The second-order valence-corrected chi connectivity index (χ2v) is 10.6. The largest absolute Gasteiger partial charge is 0.393 e. The monoisotopic (exact) mass is 347 g/mol. The first-order chi connectivity index (χ1) is 11.9. The van der Waals surface area contributed by atoms with Gasteiger partial charge in [0.05, 0.1) is 12.7 Å². The molecule has 0 amide bonds. The summed E-state index contributed by atoms with van der Waals surface area (Å²) < 4.78 is 6.50. The average molecular weight is 348 g/mol. The van der Waals surface area contributed by atoms with E-state index in [-0.39, 0.29) is 11.8 Å². The molecule has 1 aliphatic heterocycles. The van der Waals surface area contributed by atoms with Crippen LogP contribution in [0.5, 0.6) is 0 Å². The van der Waals surface area contributed by atoms with Gasteiger partial charge in [0.1, 0.15) is 5.72 Å². The van der Waals surface area contributed by atoms with Crippen LogP contribution in [0.1, 0.15) is 71.6 Å². The van der Waals surface area contributed by atoms with Crippen molar-refractivity contribution in [3.05, 3.63) is 0 Å². The van der Waals surface area contributed by atoms with Crippen LogP contribution in [-0.4, -0.2) is 42.0 Å². The Bertz CT molecular complexity index is 552. The third kappa shape index (κ3) is 2.04. The van der Waals surface area contributed by atoms with Crippen molar-refractivity contribution in [2.24, 2.45) is 34.5 Å². The Hall–Kier alpha value is -0.120. The van der Waals surface area contributed by atoms with Gasteiger partial charge in [-0.15, -0.1) is 0 Å². The normalized spacial score (nSPS) is 58.8. The molecule has 0 bridgehead atoms. The molecule has 0 aromatic heterocycles. The first-order valence-electron chi connectivity index (χ1n) is 10.9. The van der Waals surface area contributed by atoms with E-state index in [1.807, 2.05) is 0 Å². The van der Waals surface area contributed by atoms with Crippen molar-refractivity contribution < 1.29 is 9.84 Å². The standard InChI is InChI=1S/C22H37NO2/c1-20-9-6-16(24)14-15(20)4-5-17-18(20)7-10-21(2)19(17)8-11-22(21)23(3)12-13-25-22/h15-19,24H,4-14H2,1-3H3/t15-,16-,17+,18+,19+,20-,21-,22-/m0/s1. The summed E-state index contributed by atoms with van der Waals surface area (Å²) >= 11 is 0. The van der Waals surface area contributed by atoms with E-state index in [1.54, 1.807) is 0 Å². The van der Waals surface area contributed by atoms with Crippen molar-refractivity contribution in [3.63, 3.8) is 0 Å². The van der Waals surface area contributed by atoms with E-state index in [9.17, 15) is 5.11 Å². The predicted molar refractivity (Wildman–Crippen MR) is 99.0 cm³/mol. The summed E-state index contributed by atoms with van der Waals surface area (Å²) in [6, 6.07) is 0. The second kappa shape index (κ2) is 5.45. The molecule has 0 aromatic carbocycles. The zero-order valence-electron chi connectivity index (χ0n) is 16.5. The summed E-state index contributed by atoms with van der Waals surface area (Å²) in [5, 5.41) is 10.2. The third-order valence-electron chi connectivity index (χ3n) is 10.1. The summed E-state index contributed by atoms with van der Waals surface area (Å²) in [6.07, 6.45) is 11.4. The van der Waals surface area contributed by atoms with Crippen molar-refractivity contribution in [2.75, 3.05) is 20.2 Å². The Labute approximate surface area is 153 Å². The minimum absolute atomic E-state index is 0.0289. The van der Waals surface area contributed by atoms with Crippen molar-refractivity contribution >= 4 is 0 Å². The lowest BCUT2D eigenvalue weighted by molar-refractivity contribution is -0.196. The van der Waals surface area contributed by atoms with Gasteiger partial charge in [0.2, 0.25) is 0 Å². The number of hydrogen-bond donors (Lipinski definition) is 1. The smallest absolute Gasteiger partial charge is 0.127 e. The van der Waals surface area contributed by atoms with Crippen LogP contribution in [0, 0.1) is 34.5 Å². The first kappa shape index (κ1) is 17.0. The fourth-order valence-corrected chi connectivity index (χ4v) is 8.72. The van der Waals surface area contributed by atoms with Crippen molar-refractivity contribution in [1.29, 1.82) is 0 Å². The number of rotatable bonds is 0. The van der Waals surface area contributed by atoms with E-state index in [2.05, 4.69) is 25.8 Å². The molecule has 1 spiro atoms. The molecule has 5 rings (SSSR count). The Kier molecular flexibility index (Phi) is 3.71. The summed E-state index contributed by atoms with van der Waals surface area (Å²) in [7, 11) is 2.30. The quantitative estimate of drug-likeness (QED) is 0.717. The zero-order chi connectivity index (χ0) is 17.4. The van der Waals surface area contributed by atoms with Gasteiger partial charge in [0, 0.05) is 12.0 Å². The van der Waals surface area contributed by atoms with E-state index in [4.69, 9.17) is 4.74 Å². The molecule has 0 aromatic rings. The van der Waals surface area contributed by atoms with Gasteiger partial charge in [-0.2, -0.15) is 0 Å². The SMILES string of the molecule is CN1CCO[C@]12CC[C@@H]1[C@@H]3CC[C@H]4C[C@@H](O)CC[C@]4(C)[C@@H]3CC[C@@]12C. The highest BCUT2D eigenvalue weighted by Crippen LogP contribution is 2.69. The van der Waals surface area contributed by atoms with Crippen LogP contribution in [0.25, 0.3) is 0 Å². The molecule has 1 saturated heterocycles. The molecule has 0 radical (unpaired) electrons. The van der Waals surface area contributed by atoms with Crippen molar-refractivity contribution in [3.8, 4) is 0 Å². The molecule has 4 aliphatic carbocycles. The van der Waals surface area contributed by atoms with E-state index < -0.39 is 0 Å². The maximum absolute atomic E-state index is 10.2. The molecule has 3 heteroatoms. The average Bonchev–Trinajstić information content (AvgIpc) is 3.10. The summed E-state index contributed by atoms with van der Waals surface area (Å²) in [4.78, 5) is 2.55. The van der Waals surface area contributed by atoms with Crippen LogP contribution in [0.4, 0.5) is 0 Å². The van der Waals surface area contributed by atoms with Crippen LogP contribution < -0.4 is 0 Å². The number of likely N-dealkylation sites (N-methyl/N-ethyl adjacent to an activating group) is 1. The number of fused-ring (bicyclic) bond motifs is 6. The Balaban J connectivity index is 1.46. The first-order valence-corrected chi connectivity index (χ1v) is 10.9. The molecule has 8 atom stereocenters. The van der Waals surface area contributed by atoms with Crippen LogP contribution in [0.2, 0.25) is 0 Å². The van der Waals surface area contributed by atoms with Gasteiger partial charge in [-0.25, -0.2) is 0 Å². The molecule has 1 heterocycles. The van der Waals surface area contributed by atoms with Gasteiger partial charge >= 0.3 is 0 Å². The van der Waals surface area contributed by atoms with Gasteiger partial charge in [-0.3, -0.25) is 4.90 Å². The molecule has 142 valence electrons. The van der Waals surface area contributed by atoms with Crippen LogP contribution in [0.15, 0.2) is 0 Å². The van der Waals surface area contributed by atoms with Crippen LogP contribution in [-0.2, 0) is 4.74 Å². The van der Waals surface area contributed by atoms with Gasteiger partial charge in [-0.05, 0) is 93.9 Å². The fourth-order valence-electron chi connectivity index (χ4n) is 8.72. The van der Waals surface area contributed by atoms with E-state index in [0.29, 0.717) is 10.8 Å². The van der Waals surface area contributed by atoms with Gasteiger partial charge < -0.3 is 9.84 Å². The van der Waals surface area contributed by atoms with E-state index in [1.165, 1.54) is 44.9 Å². The lowest BCUT2D eigenvalue weighted by Crippen LogP contribution is -2.59. The highest BCUT2D eigenvalue weighted by molar-refractivity contribution is 5.15. The van der Waals surface area contributed by atoms with Gasteiger partial charge in [0.25, 0.3) is 0 Å². The second-order valence-electron chi connectivity index (χ2n) is 10.6. The zero-order valence-corrected chi connectivity index (χ0v) is 16.5. The maximum atomic E-state index is 10.2. The Morgan fingerprint density at radius 2 is 1.76 bits per heavy atom. The topological polar surface area (TPSA) is 32.7 Å². The van der Waals surface area contributed by atoms with E-state index >= 15 is 0 Å². The number of nitrogens with zero attached hydrogens (tertiary/aromatic N) is 1. The summed E-state index contributed by atoms with van der Waals surface area (Å²) in [5.74, 6) is 3.39. The van der Waals surface area contributed by atoms with Crippen LogP contribution in [0.3, 0.4) is 0 Å². The Morgan fingerprint density at radius 3 is 2.52 bits per heavy atom. The number of aliphatic hydroxyl groups excluding tert-OH is 1. The highest BCUT2D eigenvalue weighted by atomic mass is 16.5. The van der Waals surface area contributed by atoms with Gasteiger partial charge in [-0.1, -0.05) is 13.8 Å². The molecule has 25 heavy (non-hydrogen) atoms. The predicted octanol–water partition coefficient (Wildman–Crippen LogP) is 4.05. The highest BCUT2D eigenvalue weighted by Gasteiger charge is 2.67. The number of aliphatic hydroxyl groups is 1. The van der Waals surface area contributed by atoms with Crippen molar-refractivity contribution in [2.45, 2.75) is 83.5 Å². The molecular weight excluding hydrogens is 310 g/mol. The number of ether oxygens (including phenoxy) is 1. The molecule has 0 unspecified atom stereocenters. The van der Waals surface area contributed by atoms with E-state index in [0.717, 1.165) is 49.7 Å². The maximum Gasteiger partial charge on any atom is 0.127 e. The van der Waals surface area contributed by atoms with Gasteiger partial charge in [0.15, 0.2) is 0 Å². The molecule has 1 N–H and O–H groups in total. The third-order valence-corrected chi connectivity index (χ3v) is 10.1. The molecular formula is C22H37NO2. The summed E-state index contributed by atoms with van der Waals surface area (Å²) in [5.41, 5.74) is 0.863. The number of hydrogen-bond acceptors (Lipinski definition) is 3. The minimum atomic E-state index is -0.0289.